The zero-order valence-corrected chi connectivity index (χ0v) is 14.7. The van der Waals surface area contributed by atoms with Gasteiger partial charge in [-0.1, -0.05) is 44.2 Å². The lowest BCUT2D eigenvalue weighted by molar-refractivity contribution is 0.0790. The minimum absolute atomic E-state index is 0.00462. The summed E-state index contributed by atoms with van der Waals surface area (Å²) in [6.07, 6.45) is 0.800. The molecular formula is C20H27N3O. The average molecular weight is 325 g/mol. The normalized spacial score (nSPS) is 12.0. The Morgan fingerprint density at radius 2 is 1.71 bits per heavy atom. The molecule has 0 heterocycles. The molecule has 0 aliphatic rings. The number of amides is 1. The number of anilines is 2. The van der Waals surface area contributed by atoms with Crippen molar-refractivity contribution in [3.05, 3.63) is 60.2 Å². The number of para-hydroxylation sites is 2. The number of nitrogens with one attached hydrogen (secondary N) is 1. The first kappa shape index (κ1) is 18.0. The summed E-state index contributed by atoms with van der Waals surface area (Å²) in [7, 11) is 1.83. The Balaban J connectivity index is 2.09. The van der Waals surface area contributed by atoms with Crippen LogP contribution in [0.2, 0.25) is 0 Å². The minimum Gasteiger partial charge on any atom is -0.355 e. The summed E-state index contributed by atoms with van der Waals surface area (Å²) >= 11 is 0. The van der Waals surface area contributed by atoms with E-state index in [4.69, 9.17) is 5.73 Å². The highest BCUT2D eigenvalue weighted by molar-refractivity contribution is 6.00. The van der Waals surface area contributed by atoms with Crippen LogP contribution in [0.4, 0.5) is 11.4 Å². The molecule has 2 aromatic rings. The van der Waals surface area contributed by atoms with Crippen molar-refractivity contribution in [1.82, 2.24) is 4.90 Å². The van der Waals surface area contributed by atoms with Crippen molar-refractivity contribution >= 4 is 17.3 Å². The van der Waals surface area contributed by atoms with E-state index >= 15 is 0 Å². The molecule has 0 spiro atoms. The summed E-state index contributed by atoms with van der Waals surface area (Å²) in [5.41, 5.74) is 8.53. The molecule has 2 rings (SSSR count). The van der Waals surface area contributed by atoms with Crippen LogP contribution in [0.15, 0.2) is 54.6 Å². The SMILES string of the molecule is CC(C)C(N)CCN(C)C(=O)c1ccccc1Nc1ccccc1. The maximum Gasteiger partial charge on any atom is 0.255 e. The molecule has 1 unspecified atom stereocenters. The number of hydrogen-bond acceptors (Lipinski definition) is 3. The Labute approximate surface area is 144 Å². The Morgan fingerprint density at radius 1 is 1.08 bits per heavy atom. The second kappa shape index (κ2) is 8.50. The average Bonchev–Trinajstić information content (AvgIpc) is 2.60. The van der Waals surface area contributed by atoms with Gasteiger partial charge in [0.25, 0.3) is 5.91 Å². The summed E-state index contributed by atoms with van der Waals surface area (Å²) in [5, 5.41) is 3.32. The molecule has 4 nitrogen and oxygen atoms in total. The van der Waals surface area contributed by atoms with Gasteiger partial charge in [-0.15, -0.1) is 0 Å². The van der Waals surface area contributed by atoms with Crippen molar-refractivity contribution in [3.8, 4) is 0 Å². The number of carbonyl (C=O) groups excluding carboxylic acids is 1. The number of carbonyl (C=O) groups is 1. The molecule has 0 aliphatic carbocycles. The fourth-order valence-corrected chi connectivity index (χ4v) is 2.44. The number of hydrogen-bond donors (Lipinski definition) is 2. The predicted molar refractivity (Wildman–Crippen MR) is 101 cm³/mol. The first-order chi connectivity index (χ1) is 11.5. The van der Waals surface area contributed by atoms with Gasteiger partial charge >= 0.3 is 0 Å². The van der Waals surface area contributed by atoms with Crippen molar-refractivity contribution in [2.75, 3.05) is 18.9 Å². The molecule has 0 radical (unpaired) electrons. The van der Waals surface area contributed by atoms with Crippen LogP contribution in [0, 0.1) is 5.92 Å². The van der Waals surface area contributed by atoms with Gasteiger partial charge in [0.05, 0.1) is 11.3 Å². The van der Waals surface area contributed by atoms with Gasteiger partial charge in [0.15, 0.2) is 0 Å². The van der Waals surface area contributed by atoms with Crippen molar-refractivity contribution in [2.45, 2.75) is 26.3 Å². The first-order valence-corrected chi connectivity index (χ1v) is 8.41. The van der Waals surface area contributed by atoms with Gasteiger partial charge in [-0.05, 0) is 36.6 Å². The van der Waals surface area contributed by atoms with Crippen LogP contribution in [0.1, 0.15) is 30.6 Å². The van der Waals surface area contributed by atoms with Gasteiger partial charge < -0.3 is 16.0 Å². The largest absolute Gasteiger partial charge is 0.355 e. The van der Waals surface area contributed by atoms with Gasteiger partial charge in [-0.2, -0.15) is 0 Å². The van der Waals surface area contributed by atoms with Crippen LogP contribution in [-0.4, -0.2) is 30.4 Å². The zero-order chi connectivity index (χ0) is 17.5. The van der Waals surface area contributed by atoms with Crippen molar-refractivity contribution < 1.29 is 4.79 Å². The molecular weight excluding hydrogens is 298 g/mol. The maximum atomic E-state index is 12.8. The molecule has 0 fully saturated rings. The lowest BCUT2D eigenvalue weighted by Gasteiger charge is -2.22. The number of benzene rings is 2. The van der Waals surface area contributed by atoms with E-state index in [1.165, 1.54) is 0 Å². The van der Waals surface area contributed by atoms with Crippen LogP contribution in [-0.2, 0) is 0 Å². The van der Waals surface area contributed by atoms with E-state index in [-0.39, 0.29) is 11.9 Å². The Morgan fingerprint density at radius 3 is 2.38 bits per heavy atom. The summed E-state index contributed by atoms with van der Waals surface area (Å²) in [6, 6.07) is 17.6. The van der Waals surface area contributed by atoms with Crippen molar-refractivity contribution in [2.24, 2.45) is 11.7 Å². The van der Waals surface area contributed by atoms with E-state index in [1.54, 1.807) is 4.90 Å². The van der Waals surface area contributed by atoms with Crippen molar-refractivity contribution in [3.63, 3.8) is 0 Å². The fraction of sp³-hybridized carbons (Fsp3) is 0.350. The fourth-order valence-electron chi connectivity index (χ4n) is 2.44. The van der Waals surface area contributed by atoms with Gasteiger partial charge in [-0.3, -0.25) is 4.79 Å². The van der Waals surface area contributed by atoms with Gasteiger partial charge in [0.1, 0.15) is 0 Å². The topological polar surface area (TPSA) is 58.4 Å². The van der Waals surface area contributed by atoms with Crippen LogP contribution in [0.5, 0.6) is 0 Å². The van der Waals surface area contributed by atoms with E-state index in [2.05, 4.69) is 19.2 Å². The molecule has 3 N–H and O–H groups in total. The van der Waals surface area contributed by atoms with E-state index in [0.29, 0.717) is 18.0 Å². The highest BCUT2D eigenvalue weighted by Crippen LogP contribution is 2.22. The third-order valence-corrected chi connectivity index (χ3v) is 4.21. The monoisotopic (exact) mass is 325 g/mol. The highest BCUT2D eigenvalue weighted by atomic mass is 16.2. The molecule has 0 aromatic heterocycles. The minimum atomic E-state index is 0.00462. The van der Waals surface area contributed by atoms with Crippen molar-refractivity contribution in [1.29, 1.82) is 0 Å². The molecule has 24 heavy (non-hydrogen) atoms. The molecule has 1 amide bonds. The number of nitrogens with two attached hydrogens (primary N) is 1. The summed E-state index contributed by atoms with van der Waals surface area (Å²) in [6.45, 7) is 4.86. The summed E-state index contributed by atoms with van der Waals surface area (Å²) in [5.74, 6) is 0.422. The Hall–Kier alpha value is -2.33. The van der Waals surface area contributed by atoms with Crippen LogP contribution >= 0.6 is 0 Å². The molecule has 4 heteroatoms. The highest BCUT2D eigenvalue weighted by Gasteiger charge is 2.17. The lowest BCUT2D eigenvalue weighted by atomic mass is 10.0. The standard InChI is InChI=1S/C20H27N3O/c1-15(2)18(21)13-14-23(3)20(24)17-11-7-8-12-19(17)22-16-9-5-4-6-10-16/h4-12,15,18,22H,13-14,21H2,1-3H3. The smallest absolute Gasteiger partial charge is 0.255 e. The quantitative estimate of drug-likeness (QED) is 0.812. The molecule has 0 aliphatic heterocycles. The third-order valence-electron chi connectivity index (χ3n) is 4.21. The van der Waals surface area contributed by atoms with E-state index in [9.17, 15) is 4.79 Å². The number of nitrogens with zero attached hydrogens (tertiary/aromatic N) is 1. The van der Waals surface area contributed by atoms with Crippen LogP contribution in [0.25, 0.3) is 0 Å². The molecule has 0 saturated heterocycles. The second-order valence-corrected chi connectivity index (χ2v) is 6.46. The molecule has 0 saturated carbocycles. The van der Waals surface area contributed by atoms with E-state index < -0.39 is 0 Å². The molecule has 1 atom stereocenters. The molecule has 2 aromatic carbocycles. The predicted octanol–water partition coefficient (Wildman–Crippen LogP) is 3.88. The van der Waals surface area contributed by atoms with Crippen LogP contribution < -0.4 is 11.1 Å². The third kappa shape index (κ3) is 4.83. The van der Waals surface area contributed by atoms with Crippen LogP contribution in [0.3, 0.4) is 0 Å². The Kier molecular flexibility index (Phi) is 6.38. The maximum absolute atomic E-state index is 12.8. The van der Waals surface area contributed by atoms with E-state index in [0.717, 1.165) is 17.8 Å². The summed E-state index contributed by atoms with van der Waals surface area (Å²) < 4.78 is 0. The zero-order valence-electron chi connectivity index (χ0n) is 14.7. The van der Waals surface area contributed by atoms with Gasteiger partial charge in [0.2, 0.25) is 0 Å². The summed E-state index contributed by atoms with van der Waals surface area (Å²) in [4.78, 5) is 14.5. The lowest BCUT2D eigenvalue weighted by Crippen LogP contribution is -2.34. The molecule has 0 bridgehead atoms. The second-order valence-electron chi connectivity index (χ2n) is 6.46. The first-order valence-electron chi connectivity index (χ1n) is 8.41. The van der Waals surface area contributed by atoms with E-state index in [1.807, 2.05) is 61.6 Å². The van der Waals surface area contributed by atoms with Gasteiger partial charge in [0, 0.05) is 25.3 Å². The molecule has 128 valence electrons. The van der Waals surface area contributed by atoms with Gasteiger partial charge in [-0.25, -0.2) is 0 Å². The Bertz CT molecular complexity index is 655. The number of rotatable bonds is 7.